The van der Waals surface area contributed by atoms with Gasteiger partial charge >= 0.3 is 0 Å². The lowest BCUT2D eigenvalue weighted by Gasteiger charge is -2.09. The quantitative estimate of drug-likeness (QED) is 0.503. The first-order chi connectivity index (χ1) is 9.88. The molecule has 2 rings (SSSR count). The molecule has 0 bridgehead atoms. The van der Waals surface area contributed by atoms with Gasteiger partial charge in [0, 0.05) is 21.8 Å². The van der Waals surface area contributed by atoms with Crippen LogP contribution in [-0.4, -0.2) is 10.8 Å². The minimum Gasteiger partial charge on any atom is -0.399 e. The van der Waals surface area contributed by atoms with E-state index in [0.29, 0.717) is 27.0 Å². The first kappa shape index (κ1) is 15.0. The highest BCUT2D eigenvalue weighted by Gasteiger charge is 2.15. The summed E-state index contributed by atoms with van der Waals surface area (Å²) in [6, 6.07) is 9.36. The number of nitro benzene ring substituents is 1. The molecule has 2 aromatic carbocycles. The maximum atomic E-state index is 12.2. The molecule has 0 aliphatic rings. The van der Waals surface area contributed by atoms with E-state index in [1.54, 1.807) is 25.1 Å². The van der Waals surface area contributed by atoms with Crippen LogP contribution in [0.1, 0.15) is 15.9 Å². The summed E-state index contributed by atoms with van der Waals surface area (Å²) in [5.41, 5.74) is 7.26. The Morgan fingerprint density at radius 3 is 2.67 bits per heavy atom. The van der Waals surface area contributed by atoms with Crippen molar-refractivity contribution in [3.8, 4) is 0 Å². The molecule has 0 aliphatic carbocycles. The average molecular weight is 350 g/mol. The first-order valence-corrected chi connectivity index (χ1v) is 6.79. The summed E-state index contributed by atoms with van der Waals surface area (Å²) in [5.74, 6) is -0.383. The van der Waals surface area contributed by atoms with Crippen LogP contribution in [0.25, 0.3) is 0 Å². The summed E-state index contributed by atoms with van der Waals surface area (Å²) in [7, 11) is 0. The second kappa shape index (κ2) is 5.92. The van der Waals surface area contributed by atoms with Crippen LogP contribution < -0.4 is 11.1 Å². The largest absolute Gasteiger partial charge is 0.399 e. The van der Waals surface area contributed by atoms with Crippen LogP contribution in [0.15, 0.2) is 40.9 Å². The van der Waals surface area contributed by atoms with Gasteiger partial charge in [0.2, 0.25) is 0 Å². The number of nitrogen functional groups attached to an aromatic ring is 1. The molecular formula is C14H12BrN3O3. The lowest BCUT2D eigenvalue weighted by molar-refractivity contribution is -0.385. The smallest absolute Gasteiger partial charge is 0.274 e. The molecule has 0 spiro atoms. The van der Waals surface area contributed by atoms with Gasteiger partial charge < -0.3 is 11.1 Å². The highest BCUT2D eigenvalue weighted by molar-refractivity contribution is 9.10. The first-order valence-electron chi connectivity index (χ1n) is 6.00. The van der Waals surface area contributed by atoms with E-state index in [1.807, 2.05) is 0 Å². The Kier molecular flexibility index (Phi) is 4.23. The lowest BCUT2D eigenvalue weighted by Crippen LogP contribution is -2.13. The molecule has 0 saturated carbocycles. The zero-order valence-electron chi connectivity index (χ0n) is 11.1. The van der Waals surface area contributed by atoms with E-state index in [4.69, 9.17) is 5.73 Å². The van der Waals surface area contributed by atoms with Crippen molar-refractivity contribution < 1.29 is 9.72 Å². The van der Waals surface area contributed by atoms with Gasteiger partial charge in [0.15, 0.2) is 0 Å². The Balaban J connectivity index is 2.32. The van der Waals surface area contributed by atoms with Gasteiger partial charge in [-0.25, -0.2) is 0 Å². The fraction of sp³-hybridized carbons (Fsp3) is 0.0714. The summed E-state index contributed by atoms with van der Waals surface area (Å²) in [6.07, 6.45) is 0. The number of hydrogen-bond donors (Lipinski definition) is 2. The molecule has 1 amide bonds. The Bertz CT molecular complexity index is 711. The van der Waals surface area contributed by atoms with Gasteiger partial charge in [-0.3, -0.25) is 14.9 Å². The van der Waals surface area contributed by atoms with E-state index in [0.717, 1.165) is 0 Å². The van der Waals surface area contributed by atoms with Crippen LogP contribution in [0.4, 0.5) is 17.1 Å². The highest BCUT2D eigenvalue weighted by atomic mass is 79.9. The maximum Gasteiger partial charge on any atom is 0.274 e. The van der Waals surface area contributed by atoms with Crippen molar-refractivity contribution in [3.63, 3.8) is 0 Å². The van der Waals surface area contributed by atoms with Crippen molar-refractivity contribution in [1.29, 1.82) is 0 Å². The van der Waals surface area contributed by atoms with E-state index in [1.165, 1.54) is 18.2 Å². The van der Waals surface area contributed by atoms with Crippen LogP contribution in [-0.2, 0) is 0 Å². The van der Waals surface area contributed by atoms with Crippen LogP contribution in [0, 0.1) is 17.0 Å². The van der Waals surface area contributed by atoms with Crippen LogP contribution in [0.3, 0.4) is 0 Å². The van der Waals surface area contributed by atoms with Gasteiger partial charge in [0.25, 0.3) is 11.6 Å². The molecule has 21 heavy (non-hydrogen) atoms. The van der Waals surface area contributed by atoms with E-state index < -0.39 is 4.92 Å². The number of nitro groups is 1. The van der Waals surface area contributed by atoms with Gasteiger partial charge in [-0.15, -0.1) is 0 Å². The topological polar surface area (TPSA) is 98.3 Å². The molecule has 2 aromatic rings. The average Bonchev–Trinajstić information content (AvgIpc) is 2.39. The van der Waals surface area contributed by atoms with Crippen molar-refractivity contribution in [3.05, 3.63) is 62.1 Å². The Hall–Kier alpha value is -2.41. The van der Waals surface area contributed by atoms with E-state index in [-0.39, 0.29) is 11.6 Å². The number of hydrogen-bond acceptors (Lipinski definition) is 4. The number of carbonyl (C=O) groups excluding carboxylic acids is 1. The third-order valence-electron chi connectivity index (χ3n) is 2.93. The van der Waals surface area contributed by atoms with Crippen molar-refractivity contribution in [2.24, 2.45) is 0 Å². The van der Waals surface area contributed by atoms with Crippen LogP contribution in [0.2, 0.25) is 0 Å². The molecule has 0 aliphatic heterocycles. The third-order valence-corrected chi connectivity index (χ3v) is 3.39. The number of nitrogens with zero attached hydrogens (tertiary/aromatic N) is 1. The molecule has 108 valence electrons. The molecule has 0 saturated heterocycles. The van der Waals surface area contributed by atoms with E-state index >= 15 is 0 Å². The molecule has 0 fully saturated rings. The highest BCUT2D eigenvalue weighted by Crippen LogP contribution is 2.26. The second-order valence-corrected chi connectivity index (χ2v) is 5.35. The normalized spacial score (nSPS) is 10.2. The molecule has 0 unspecified atom stereocenters. The summed E-state index contributed by atoms with van der Waals surface area (Å²) in [6.45, 7) is 1.59. The number of rotatable bonds is 3. The van der Waals surface area contributed by atoms with Gasteiger partial charge in [0.1, 0.15) is 0 Å². The van der Waals surface area contributed by atoms with Crippen LogP contribution in [0.5, 0.6) is 0 Å². The van der Waals surface area contributed by atoms with Crippen molar-refractivity contribution in [2.45, 2.75) is 6.92 Å². The number of nitrogens with two attached hydrogens (primary N) is 1. The van der Waals surface area contributed by atoms with Crippen molar-refractivity contribution in [1.82, 2.24) is 0 Å². The van der Waals surface area contributed by atoms with E-state index in [9.17, 15) is 14.9 Å². The zero-order chi connectivity index (χ0) is 15.6. The second-order valence-electron chi connectivity index (χ2n) is 4.43. The minimum absolute atomic E-state index is 0.0402. The summed E-state index contributed by atoms with van der Waals surface area (Å²) in [4.78, 5) is 22.6. The number of amides is 1. The minimum atomic E-state index is -0.484. The predicted molar refractivity (Wildman–Crippen MR) is 84.3 cm³/mol. The maximum absolute atomic E-state index is 12.2. The number of halogens is 1. The van der Waals surface area contributed by atoms with Crippen molar-refractivity contribution >= 4 is 38.9 Å². The standard InChI is InChI=1S/C14H12BrN3O3/c1-8-12(3-2-4-13(8)18(20)21)17-14(19)9-5-10(15)7-11(16)6-9/h2-7H,16H2,1H3,(H,17,19). The zero-order valence-corrected chi connectivity index (χ0v) is 12.7. The summed E-state index contributed by atoms with van der Waals surface area (Å²) >= 11 is 3.26. The van der Waals surface area contributed by atoms with Gasteiger partial charge in [-0.1, -0.05) is 22.0 Å². The lowest BCUT2D eigenvalue weighted by atomic mass is 10.1. The Morgan fingerprint density at radius 2 is 2.05 bits per heavy atom. The fourth-order valence-electron chi connectivity index (χ4n) is 1.89. The number of nitrogens with one attached hydrogen (secondary N) is 1. The van der Waals surface area contributed by atoms with Gasteiger partial charge in [0.05, 0.1) is 16.2 Å². The van der Waals surface area contributed by atoms with E-state index in [2.05, 4.69) is 21.2 Å². The molecule has 7 heteroatoms. The predicted octanol–water partition coefficient (Wildman–Crippen LogP) is 3.50. The molecule has 6 nitrogen and oxygen atoms in total. The Labute approximate surface area is 129 Å². The SMILES string of the molecule is Cc1c(NC(=O)c2cc(N)cc(Br)c2)cccc1[N+](=O)[O-]. The molecule has 3 N–H and O–H groups in total. The molecule has 0 heterocycles. The number of anilines is 2. The summed E-state index contributed by atoms with van der Waals surface area (Å²) < 4.78 is 0.684. The fourth-order valence-corrected chi connectivity index (χ4v) is 2.41. The molecule has 0 atom stereocenters. The summed E-state index contributed by atoms with van der Waals surface area (Å²) in [5, 5.41) is 13.5. The van der Waals surface area contributed by atoms with Crippen LogP contribution >= 0.6 is 15.9 Å². The van der Waals surface area contributed by atoms with Crippen molar-refractivity contribution in [2.75, 3.05) is 11.1 Å². The molecule has 0 aromatic heterocycles. The monoisotopic (exact) mass is 349 g/mol. The molecular weight excluding hydrogens is 338 g/mol. The molecule has 0 radical (unpaired) electrons. The number of benzene rings is 2. The third kappa shape index (κ3) is 3.38. The van der Waals surface area contributed by atoms with Gasteiger partial charge in [-0.05, 0) is 31.2 Å². The Morgan fingerprint density at radius 1 is 1.33 bits per heavy atom. The van der Waals surface area contributed by atoms with Gasteiger partial charge in [-0.2, -0.15) is 0 Å². The number of carbonyl (C=O) groups is 1.